The lowest BCUT2D eigenvalue weighted by Gasteiger charge is -2.27. The monoisotopic (exact) mass is 238 g/mol. The first kappa shape index (κ1) is 13.8. The van der Waals surface area contributed by atoms with Crippen molar-refractivity contribution in [3.8, 4) is 11.5 Å². The molecule has 0 spiro atoms. The van der Waals surface area contributed by atoms with Crippen LogP contribution in [-0.2, 0) is 4.74 Å². The van der Waals surface area contributed by atoms with E-state index >= 15 is 0 Å². The van der Waals surface area contributed by atoms with Gasteiger partial charge in [0.2, 0.25) is 0 Å². The fourth-order valence-corrected chi connectivity index (χ4v) is 1.32. The summed E-state index contributed by atoms with van der Waals surface area (Å²) in [5, 5.41) is 20.6. The molecule has 94 valence electrons. The molecule has 5 nitrogen and oxygen atoms in total. The summed E-state index contributed by atoms with van der Waals surface area (Å²) in [7, 11) is -2.31. The van der Waals surface area contributed by atoms with Crippen LogP contribution in [0.15, 0.2) is 18.2 Å². The number of hydrogen-bond acceptors (Lipinski definition) is 5. The highest BCUT2D eigenvalue weighted by Gasteiger charge is 2.01. The van der Waals surface area contributed by atoms with Crippen LogP contribution in [0.5, 0.6) is 11.5 Å². The van der Waals surface area contributed by atoms with Gasteiger partial charge in [-0.1, -0.05) is 0 Å². The smallest absolute Gasteiger partial charge is 0.133 e. The maximum absolute atomic E-state index is 10.3. The Bertz CT molecular complexity index is 343. The summed E-state index contributed by atoms with van der Waals surface area (Å²) >= 11 is 0. The van der Waals surface area contributed by atoms with Crippen molar-refractivity contribution in [2.45, 2.75) is 13.8 Å². The molecule has 0 aliphatic carbocycles. The average molecular weight is 238 g/mol. The van der Waals surface area contributed by atoms with Crippen LogP contribution in [-0.4, -0.2) is 27.1 Å². The number of rotatable bonds is 7. The Labute approximate surface area is 101 Å². The van der Waals surface area contributed by atoms with Crippen molar-refractivity contribution in [1.29, 1.82) is 0 Å². The maximum Gasteiger partial charge on any atom is 0.133 e. The van der Waals surface area contributed by atoms with Gasteiger partial charge in [-0.3, -0.25) is 0 Å². The van der Waals surface area contributed by atoms with Gasteiger partial charge in [0.1, 0.15) is 19.7 Å². The molecule has 0 bridgehead atoms. The second-order valence-corrected chi connectivity index (χ2v) is 3.38. The van der Waals surface area contributed by atoms with E-state index in [1.807, 2.05) is 13.8 Å². The van der Waals surface area contributed by atoms with Crippen molar-refractivity contribution in [2.75, 3.05) is 19.8 Å². The van der Waals surface area contributed by atoms with E-state index in [1.165, 1.54) is 6.07 Å². The van der Waals surface area contributed by atoms with Crippen molar-refractivity contribution in [2.24, 2.45) is 0 Å². The van der Waals surface area contributed by atoms with Gasteiger partial charge in [0, 0.05) is 6.61 Å². The second kappa shape index (κ2) is 7.16. The van der Waals surface area contributed by atoms with Crippen molar-refractivity contribution < 1.29 is 24.2 Å². The van der Waals surface area contributed by atoms with Crippen molar-refractivity contribution in [1.82, 2.24) is 0 Å². The molecule has 0 aliphatic heterocycles. The molecule has 0 fully saturated rings. The molecule has 0 unspecified atom stereocenters. The maximum atomic E-state index is 10.3. The lowest BCUT2D eigenvalue weighted by molar-refractivity contribution is -0.372. The largest absolute Gasteiger partial charge is 0.860 e. The van der Waals surface area contributed by atoms with E-state index in [0.717, 1.165) is 5.56 Å². The molecule has 0 saturated heterocycles. The topological polar surface area (TPSA) is 73.8 Å². The predicted octanol–water partition coefficient (Wildman–Crippen LogP) is -0.505. The van der Waals surface area contributed by atoms with Crippen LogP contribution in [0.3, 0.4) is 0 Å². The van der Waals surface area contributed by atoms with Crippen LogP contribution in [0.25, 0.3) is 0 Å². The van der Waals surface area contributed by atoms with E-state index in [9.17, 15) is 10.0 Å². The average Bonchev–Trinajstić information content (AvgIpc) is 2.26. The lowest BCUT2D eigenvalue weighted by Crippen LogP contribution is -2.50. The van der Waals surface area contributed by atoms with E-state index in [0.29, 0.717) is 25.6 Å². The molecule has 0 heterocycles. The van der Waals surface area contributed by atoms with Crippen molar-refractivity contribution >= 4 is 7.32 Å². The normalized spacial score (nSPS) is 10.1. The first-order valence-corrected chi connectivity index (χ1v) is 5.43. The third-order valence-corrected chi connectivity index (χ3v) is 2.07. The summed E-state index contributed by atoms with van der Waals surface area (Å²) in [4.78, 5) is 0. The van der Waals surface area contributed by atoms with E-state index < -0.39 is 7.32 Å². The molecule has 0 N–H and O–H groups in total. The molecular formula is C11H15BO5-2. The molecular weight excluding hydrogens is 223 g/mol. The highest BCUT2D eigenvalue weighted by molar-refractivity contribution is 6.29. The summed E-state index contributed by atoms with van der Waals surface area (Å²) in [6.07, 6.45) is 0. The van der Waals surface area contributed by atoms with Crippen molar-refractivity contribution in [3.05, 3.63) is 23.8 Å². The van der Waals surface area contributed by atoms with Crippen LogP contribution in [0.4, 0.5) is 0 Å². The molecule has 0 atom stereocenters. The molecule has 1 rings (SSSR count). The standard InChI is InChI=1S/C11H15BO5/c1-3-15-6-7-16-11-5-4-10(8-9(11)2)17-12(13)14/h4-5,8H,3,6-7H2,1-2H3/q-2. The molecule has 0 radical (unpaired) electrons. The van der Waals surface area contributed by atoms with Gasteiger partial charge in [-0.05, 0) is 37.6 Å². The van der Waals surface area contributed by atoms with Gasteiger partial charge >= 0.3 is 0 Å². The summed E-state index contributed by atoms with van der Waals surface area (Å²) < 4.78 is 15.1. The molecule has 17 heavy (non-hydrogen) atoms. The fraction of sp³-hybridized carbons (Fsp3) is 0.455. The van der Waals surface area contributed by atoms with Crippen molar-refractivity contribution in [3.63, 3.8) is 0 Å². The second-order valence-electron chi connectivity index (χ2n) is 3.38. The van der Waals surface area contributed by atoms with Gasteiger partial charge in [0.15, 0.2) is 0 Å². The third-order valence-electron chi connectivity index (χ3n) is 2.07. The molecule has 1 aromatic rings. The van der Waals surface area contributed by atoms with Gasteiger partial charge in [0.05, 0.1) is 12.4 Å². The molecule has 0 aliphatic rings. The Morgan fingerprint density at radius 2 is 2.00 bits per heavy atom. The molecule has 0 aromatic heterocycles. The summed E-state index contributed by atoms with van der Waals surface area (Å²) in [5.74, 6) is 0.944. The molecule has 0 saturated carbocycles. The minimum atomic E-state index is -2.31. The Kier molecular flexibility index (Phi) is 5.83. The fourth-order valence-electron chi connectivity index (χ4n) is 1.32. The lowest BCUT2D eigenvalue weighted by atomic mass is 10.2. The van der Waals surface area contributed by atoms with E-state index in [1.54, 1.807) is 12.1 Å². The van der Waals surface area contributed by atoms with Crippen LogP contribution in [0, 0.1) is 6.92 Å². The quantitative estimate of drug-likeness (QED) is 0.472. The minimum absolute atomic E-state index is 0.259. The van der Waals surface area contributed by atoms with E-state index in [2.05, 4.69) is 4.65 Å². The highest BCUT2D eigenvalue weighted by atomic mass is 16.6. The number of aryl methyl sites for hydroxylation is 1. The summed E-state index contributed by atoms with van der Waals surface area (Å²) in [5.41, 5.74) is 0.805. The van der Waals surface area contributed by atoms with Gasteiger partial charge < -0.3 is 24.2 Å². The van der Waals surface area contributed by atoms with Gasteiger partial charge in [-0.25, -0.2) is 0 Å². The van der Waals surface area contributed by atoms with E-state index in [4.69, 9.17) is 9.47 Å². The van der Waals surface area contributed by atoms with Gasteiger partial charge in [-0.2, -0.15) is 0 Å². The first-order valence-electron chi connectivity index (χ1n) is 5.43. The van der Waals surface area contributed by atoms with Crippen LogP contribution in [0.2, 0.25) is 0 Å². The number of hydrogen-bond donors (Lipinski definition) is 0. The number of ether oxygens (including phenoxy) is 2. The zero-order valence-electron chi connectivity index (χ0n) is 9.97. The molecule has 6 heteroatoms. The third kappa shape index (κ3) is 5.08. The Hall–Kier alpha value is -1.24. The molecule has 1 aromatic carbocycles. The highest BCUT2D eigenvalue weighted by Crippen LogP contribution is 2.23. The first-order chi connectivity index (χ1) is 8.13. The Morgan fingerprint density at radius 3 is 2.59 bits per heavy atom. The van der Waals surface area contributed by atoms with E-state index in [-0.39, 0.29) is 5.75 Å². The van der Waals surface area contributed by atoms with Gasteiger partial charge in [-0.15, -0.1) is 0 Å². The van der Waals surface area contributed by atoms with Crippen LogP contribution >= 0.6 is 0 Å². The van der Waals surface area contributed by atoms with Gasteiger partial charge in [0.25, 0.3) is 0 Å². The zero-order valence-corrected chi connectivity index (χ0v) is 9.97. The zero-order chi connectivity index (χ0) is 12.7. The minimum Gasteiger partial charge on any atom is -0.860 e. The number of benzene rings is 1. The van der Waals surface area contributed by atoms with Crippen LogP contribution < -0.4 is 19.4 Å². The van der Waals surface area contributed by atoms with Crippen LogP contribution in [0.1, 0.15) is 12.5 Å². The SMILES string of the molecule is CCOCCOc1ccc(OB([O-])[O-])cc1C. The Balaban J connectivity index is 2.51. The summed E-state index contributed by atoms with van der Waals surface area (Å²) in [6.45, 7) is 5.37. The molecule has 0 amide bonds. The predicted molar refractivity (Wildman–Crippen MR) is 59.5 cm³/mol. The summed E-state index contributed by atoms with van der Waals surface area (Å²) in [6, 6.07) is 4.80. The Morgan fingerprint density at radius 1 is 1.24 bits per heavy atom.